The van der Waals surface area contributed by atoms with E-state index < -0.39 is 0 Å². The van der Waals surface area contributed by atoms with Crippen LogP contribution in [0.2, 0.25) is 0 Å². The molecular formula is C24H23NO. The van der Waals surface area contributed by atoms with E-state index in [9.17, 15) is 0 Å². The van der Waals surface area contributed by atoms with E-state index in [1.54, 1.807) is 7.11 Å². The summed E-state index contributed by atoms with van der Waals surface area (Å²) in [6.45, 7) is 2.21. The Morgan fingerprint density at radius 1 is 0.846 bits per heavy atom. The van der Waals surface area contributed by atoms with Gasteiger partial charge in [0.2, 0.25) is 0 Å². The zero-order chi connectivity index (χ0) is 18.1. The van der Waals surface area contributed by atoms with Crippen molar-refractivity contribution in [1.29, 1.82) is 0 Å². The van der Waals surface area contributed by atoms with Gasteiger partial charge >= 0.3 is 0 Å². The summed E-state index contributed by atoms with van der Waals surface area (Å²) in [5.41, 5.74) is 7.81. The lowest BCUT2D eigenvalue weighted by atomic mass is 9.98. The van der Waals surface area contributed by atoms with Gasteiger partial charge in [0.15, 0.2) is 0 Å². The summed E-state index contributed by atoms with van der Waals surface area (Å²) >= 11 is 0. The lowest BCUT2D eigenvalue weighted by Gasteiger charge is -2.06. The molecule has 0 aliphatic heterocycles. The third kappa shape index (κ3) is 2.88. The van der Waals surface area contributed by atoms with Crippen LogP contribution >= 0.6 is 0 Å². The molecule has 0 N–H and O–H groups in total. The summed E-state index contributed by atoms with van der Waals surface area (Å²) in [4.78, 5) is 0. The summed E-state index contributed by atoms with van der Waals surface area (Å²) in [7, 11) is 3.85. The van der Waals surface area contributed by atoms with E-state index in [-0.39, 0.29) is 0 Å². The molecule has 1 heterocycles. The number of hydrogen-bond donors (Lipinski definition) is 0. The van der Waals surface area contributed by atoms with Crippen molar-refractivity contribution >= 4 is 10.9 Å². The average Bonchev–Trinajstić information content (AvgIpc) is 2.93. The van der Waals surface area contributed by atoms with E-state index in [2.05, 4.69) is 79.2 Å². The Labute approximate surface area is 154 Å². The lowest BCUT2D eigenvalue weighted by Crippen LogP contribution is -1.93. The van der Waals surface area contributed by atoms with Crippen molar-refractivity contribution in [1.82, 2.24) is 4.57 Å². The van der Waals surface area contributed by atoms with Crippen LogP contribution in [-0.2, 0) is 13.5 Å². The molecule has 0 bridgehead atoms. The molecule has 0 saturated heterocycles. The Morgan fingerprint density at radius 3 is 2.23 bits per heavy atom. The minimum atomic E-state index is 0.884. The molecule has 0 atom stereocenters. The van der Waals surface area contributed by atoms with Crippen LogP contribution in [0.15, 0.2) is 72.8 Å². The number of methoxy groups -OCH3 is 1. The second-order valence-electron chi connectivity index (χ2n) is 6.75. The van der Waals surface area contributed by atoms with Crippen molar-refractivity contribution in [3.05, 3.63) is 89.6 Å². The molecule has 0 aliphatic carbocycles. The third-order valence-corrected chi connectivity index (χ3v) is 5.27. The van der Waals surface area contributed by atoms with Gasteiger partial charge in [-0.1, -0.05) is 48.5 Å². The van der Waals surface area contributed by atoms with Crippen molar-refractivity contribution in [3.8, 4) is 16.9 Å². The van der Waals surface area contributed by atoms with E-state index in [4.69, 9.17) is 4.74 Å². The lowest BCUT2D eigenvalue weighted by molar-refractivity contribution is 0.415. The number of ether oxygens (including phenoxy) is 1. The third-order valence-electron chi connectivity index (χ3n) is 5.27. The monoisotopic (exact) mass is 341 g/mol. The summed E-state index contributed by atoms with van der Waals surface area (Å²) in [6, 6.07) is 25.7. The summed E-state index contributed by atoms with van der Waals surface area (Å²) in [5, 5.41) is 1.34. The fourth-order valence-corrected chi connectivity index (χ4v) is 3.63. The van der Waals surface area contributed by atoms with E-state index >= 15 is 0 Å². The van der Waals surface area contributed by atoms with Gasteiger partial charge in [0.1, 0.15) is 5.75 Å². The molecule has 0 fully saturated rings. The first-order valence-corrected chi connectivity index (χ1v) is 8.93. The van der Waals surface area contributed by atoms with Crippen LogP contribution in [-0.4, -0.2) is 11.7 Å². The highest BCUT2D eigenvalue weighted by molar-refractivity contribution is 5.90. The quantitative estimate of drug-likeness (QED) is 0.461. The first-order chi connectivity index (χ1) is 12.7. The minimum Gasteiger partial charge on any atom is -0.497 e. The maximum absolute atomic E-state index is 5.28. The summed E-state index contributed by atoms with van der Waals surface area (Å²) in [5.74, 6) is 0.884. The number of nitrogens with zero attached hydrogens (tertiary/aromatic N) is 1. The van der Waals surface area contributed by atoms with E-state index in [1.807, 2.05) is 12.1 Å². The maximum Gasteiger partial charge on any atom is 0.118 e. The van der Waals surface area contributed by atoms with Crippen molar-refractivity contribution in [2.45, 2.75) is 13.3 Å². The van der Waals surface area contributed by atoms with Gasteiger partial charge in [0, 0.05) is 23.6 Å². The second-order valence-corrected chi connectivity index (χ2v) is 6.75. The molecule has 0 saturated carbocycles. The molecular weight excluding hydrogens is 318 g/mol. The van der Waals surface area contributed by atoms with Gasteiger partial charge in [-0.05, 0) is 59.9 Å². The van der Waals surface area contributed by atoms with E-state index in [0.29, 0.717) is 0 Å². The standard InChI is InChI=1S/C24H23NO/c1-17-22(15-18-7-5-4-6-8-18)23-16-20(11-14-24(23)25(17)2)19-9-12-21(26-3)13-10-19/h4-14,16H,15H2,1-3H3. The highest BCUT2D eigenvalue weighted by Gasteiger charge is 2.13. The largest absolute Gasteiger partial charge is 0.497 e. The van der Waals surface area contributed by atoms with E-state index in [1.165, 1.54) is 38.9 Å². The smallest absolute Gasteiger partial charge is 0.118 e. The molecule has 3 aromatic carbocycles. The Hall–Kier alpha value is -3.00. The Balaban J connectivity index is 1.82. The Bertz CT molecular complexity index is 1040. The maximum atomic E-state index is 5.28. The first kappa shape index (κ1) is 16.5. The summed E-state index contributed by atoms with van der Waals surface area (Å²) in [6.07, 6.45) is 0.954. The van der Waals surface area contributed by atoms with E-state index in [0.717, 1.165) is 12.2 Å². The topological polar surface area (TPSA) is 14.2 Å². The minimum absolute atomic E-state index is 0.884. The van der Waals surface area contributed by atoms with Crippen molar-refractivity contribution in [2.24, 2.45) is 7.05 Å². The predicted molar refractivity (Wildman–Crippen MR) is 109 cm³/mol. The van der Waals surface area contributed by atoms with Crippen LogP contribution < -0.4 is 4.74 Å². The molecule has 2 heteroatoms. The summed E-state index contributed by atoms with van der Waals surface area (Å²) < 4.78 is 7.57. The van der Waals surface area contributed by atoms with Gasteiger partial charge in [-0.25, -0.2) is 0 Å². The number of benzene rings is 3. The molecule has 2 nitrogen and oxygen atoms in total. The number of aromatic nitrogens is 1. The van der Waals surface area contributed by atoms with Gasteiger partial charge in [-0.2, -0.15) is 0 Å². The molecule has 0 amide bonds. The predicted octanol–water partition coefficient (Wildman–Crippen LogP) is 5.75. The molecule has 26 heavy (non-hydrogen) atoms. The molecule has 0 spiro atoms. The molecule has 0 aliphatic rings. The molecule has 0 unspecified atom stereocenters. The van der Waals surface area contributed by atoms with Gasteiger partial charge < -0.3 is 9.30 Å². The number of hydrogen-bond acceptors (Lipinski definition) is 1. The number of aryl methyl sites for hydroxylation is 1. The van der Waals surface area contributed by atoms with Crippen LogP contribution in [0.3, 0.4) is 0 Å². The SMILES string of the molecule is COc1ccc(-c2ccc3c(c2)c(Cc2ccccc2)c(C)n3C)cc1. The second kappa shape index (κ2) is 6.72. The van der Waals surface area contributed by atoms with Crippen LogP contribution in [0.1, 0.15) is 16.8 Å². The van der Waals surface area contributed by atoms with Crippen LogP contribution in [0, 0.1) is 6.92 Å². The molecule has 130 valence electrons. The van der Waals surface area contributed by atoms with Crippen molar-refractivity contribution in [2.75, 3.05) is 7.11 Å². The average molecular weight is 341 g/mol. The van der Waals surface area contributed by atoms with Gasteiger partial charge in [0.25, 0.3) is 0 Å². The fraction of sp³-hybridized carbons (Fsp3) is 0.167. The van der Waals surface area contributed by atoms with Crippen molar-refractivity contribution < 1.29 is 4.74 Å². The number of rotatable bonds is 4. The first-order valence-electron chi connectivity index (χ1n) is 8.93. The van der Waals surface area contributed by atoms with Gasteiger partial charge in [-0.15, -0.1) is 0 Å². The molecule has 4 aromatic rings. The highest BCUT2D eigenvalue weighted by Crippen LogP contribution is 2.32. The van der Waals surface area contributed by atoms with Gasteiger partial charge in [-0.3, -0.25) is 0 Å². The Kier molecular flexibility index (Phi) is 4.26. The normalized spacial score (nSPS) is 11.0. The zero-order valence-electron chi connectivity index (χ0n) is 15.5. The van der Waals surface area contributed by atoms with Crippen LogP contribution in [0.4, 0.5) is 0 Å². The Morgan fingerprint density at radius 2 is 1.54 bits per heavy atom. The molecule has 4 rings (SSSR count). The highest BCUT2D eigenvalue weighted by atomic mass is 16.5. The van der Waals surface area contributed by atoms with Crippen molar-refractivity contribution in [3.63, 3.8) is 0 Å². The number of fused-ring (bicyclic) bond motifs is 1. The fourth-order valence-electron chi connectivity index (χ4n) is 3.63. The molecule has 1 aromatic heterocycles. The van der Waals surface area contributed by atoms with Crippen LogP contribution in [0.5, 0.6) is 5.75 Å². The molecule has 0 radical (unpaired) electrons. The zero-order valence-corrected chi connectivity index (χ0v) is 15.5. The van der Waals surface area contributed by atoms with Crippen LogP contribution in [0.25, 0.3) is 22.0 Å². The van der Waals surface area contributed by atoms with Gasteiger partial charge in [0.05, 0.1) is 7.11 Å².